The van der Waals surface area contributed by atoms with Crippen LogP contribution in [0, 0.1) is 113 Å². The van der Waals surface area contributed by atoms with Crippen molar-refractivity contribution in [3.05, 3.63) is 0 Å². The van der Waals surface area contributed by atoms with Crippen LogP contribution in [0.2, 0.25) is 0 Å². The lowest BCUT2D eigenvalue weighted by Gasteiger charge is -2.71. The van der Waals surface area contributed by atoms with Crippen molar-refractivity contribution < 1.29 is 62.5 Å². The minimum Gasteiger partial charge on any atom is -0.481 e. The minimum absolute atomic E-state index is 0.0198. The lowest BCUT2D eigenvalue weighted by molar-refractivity contribution is -0.241. The first-order valence-corrected chi connectivity index (χ1v) is 30.8. The number of carbonyl (C=O) groups is 9. The Morgan fingerprint density at radius 3 is 1.78 bits per heavy atom. The number of Topliss-reactive ketones (excluding diaryl/α,β-unsaturated/α-hetero) is 3. The van der Waals surface area contributed by atoms with Gasteiger partial charge in [-0.3, -0.25) is 33.6 Å². The van der Waals surface area contributed by atoms with Crippen LogP contribution in [0.1, 0.15) is 226 Å². The van der Waals surface area contributed by atoms with Crippen LogP contribution in [-0.2, 0) is 57.4 Å². The number of ether oxygens (including phenoxy) is 3. The predicted molar refractivity (Wildman–Crippen MR) is 298 cm³/mol. The van der Waals surface area contributed by atoms with E-state index >= 15 is 0 Å². The molecule has 0 aromatic rings. The predicted octanol–water partition coefficient (Wildman–Crippen LogP) is 12.4. The molecule has 0 bridgehead atoms. The number of carbonyl (C=O) groups excluding carboxylic acids is 8. The number of carboxylic acid groups (broad SMARTS) is 1. The van der Waals surface area contributed by atoms with Crippen molar-refractivity contribution in [1.29, 1.82) is 0 Å². The third-order valence-corrected chi connectivity index (χ3v) is 26.5. The van der Waals surface area contributed by atoms with Crippen LogP contribution in [0.25, 0.3) is 0 Å². The second kappa shape index (κ2) is 20.8. The normalized spacial score (nSPS) is 45.2. The summed E-state index contributed by atoms with van der Waals surface area (Å²) in [6.07, 6.45) is 15.0. The van der Waals surface area contributed by atoms with Gasteiger partial charge in [0.15, 0.2) is 5.78 Å². The van der Waals surface area contributed by atoms with Gasteiger partial charge in [0.05, 0.1) is 10.8 Å². The molecule has 0 spiro atoms. The number of carboxylic acids is 1. The molecular weight excluding hydrogens is 1000 g/mol. The Labute approximate surface area is 472 Å². The number of fused-ring (bicyclic) bond motifs is 12. The quantitative estimate of drug-likeness (QED) is 0.0636. The molecule has 0 saturated heterocycles. The molecule has 9 rings (SSSR count). The van der Waals surface area contributed by atoms with Gasteiger partial charge in [0, 0.05) is 56.3 Å². The topological polar surface area (TPSA) is 202 Å². The van der Waals surface area contributed by atoms with Crippen LogP contribution in [0.15, 0.2) is 0 Å². The number of rotatable bonds is 12. The molecule has 79 heavy (non-hydrogen) atoms. The van der Waals surface area contributed by atoms with E-state index in [1.54, 1.807) is 0 Å². The molecule has 0 heterocycles. The van der Waals surface area contributed by atoms with Gasteiger partial charge < -0.3 is 28.9 Å². The maximum absolute atomic E-state index is 13.9. The summed E-state index contributed by atoms with van der Waals surface area (Å²) in [4.78, 5) is 114. The van der Waals surface area contributed by atoms with Gasteiger partial charge in [-0.15, -0.1) is 0 Å². The Balaban J connectivity index is 0.000000210. The number of ketones is 3. The molecule has 442 valence electrons. The van der Waals surface area contributed by atoms with Crippen molar-refractivity contribution in [2.45, 2.75) is 238 Å². The van der Waals surface area contributed by atoms with Crippen molar-refractivity contribution in [2.75, 3.05) is 6.61 Å². The Hall–Kier alpha value is -3.77. The average Bonchev–Trinajstić information content (AvgIpc) is 3.46. The summed E-state index contributed by atoms with van der Waals surface area (Å²) in [5.41, 5.74) is -4.08. The summed E-state index contributed by atoms with van der Waals surface area (Å²) in [5, 5.41) is 10.4. The summed E-state index contributed by atoms with van der Waals surface area (Å²) in [6.45, 7) is 31.7. The maximum Gasteiger partial charge on any atom is 0.310 e. The molecule has 0 amide bonds. The summed E-state index contributed by atoms with van der Waals surface area (Å²) in [7, 11) is 0. The first-order valence-electron chi connectivity index (χ1n) is 30.8. The number of aldehydes is 2. The summed E-state index contributed by atoms with van der Waals surface area (Å²) < 4.78 is 17.6. The number of aliphatic carboxylic acids is 1. The van der Waals surface area contributed by atoms with E-state index in [1.165, 1.54) is 20.8 Å². The van der Waals surface area contributed by atoms with E-state index in [0.717, 1.165) is 77.0 Å². The van der Waals surface area contributed by atoms with Crippen molar-refractivity contribution >= 4 is 53.8 Å². The Morgan fingerprint density at radius 1 is 0.633 bits per heavy atom. The van der Waals surface area contributed by atoms with Gasteiger partial charge in [-0.25, -0.2) is 0 Å². The Kier molecular flexibility index (Phi) is 16.2. The summed E-state index contributed by atoms with van der Waals surface area (Å²) >= 11 is 0. The highest BCUT2D eigenvalue weighted by molar-refractivity contribution is 6.41. The molecule has 2 unspecified atom stereocenters. The first kappa shape index (κ1) is 61.3. The highest BCUT2D eigenvalue weighted by Gasteiger charge is 2.76. The highest BCUT2D eigenvalue weighted by atomic mass is 16.6. The number of hydrogen-bond acceptors (Lipinski definition) is 12. The van der Waals surface area contributed by atoms with Gasteiger partial charge in [0.25, 0.3) is 0 Å². The van der Waals surface area contributed by atoms with Gasteiger partial charge in [0.1, 0.15) is 37.2 Å². The molecule has 0 radical (unpaired) electrons. The van der Waals surface area contributed by atoms with Crippen molar-refractivity contribution in [2.24, 2.45) is 113 Å². The molecule has 9 aliphatic carbocycles. The van der Waals surface area contributed by atoms with Crippen LogP contribution >= 0.6 is 0 Å². The molecule has 13 nitrogen and oxygen atoms in total. The van der Waals surface area contributed by atoms with Crippen LogP contribution in [-0.4, -0.2) is 77.7 Å². The number of hydrogen-bond donors (Lipinski definition) is 1. The second-order valence-corrected chi connectivity index (χ2v) is 30.8. The molecule has 9 aliphatic rings. The van der Waals surface area contributed by atoms with E-state index in [9.17, 15) is 48.3 Å². The molecule has 1 N–H and O–H groups in total. The zero-order valence-corrected chi connectivity index (χ0v) is 51.1. The van der Waals surface area contributed by atoms with Crippen LogP contribution in [0.5, 0.6) is 0 Å². The monoisotopic (exact) mass is 1100 g/mol. The van der Waals surface area contributed by atoms with Crippen molar-refractivity contribution in [3.8, 4) is 0 Å². The van der Waals surface area contributed by atoms with Gasteiger partial charge in [0.2, 0.25) is 5.78 Å². The SMILES string of the molecule is CC(=O)OC[C@@]12CC[C@]3(C)[C@H](CC[C@@H]4[C@@]5(C)C(=O)C(=O)CC(C=O)(C=O)[C@@H]5CC[C@]43C)[C@H]1[C@H](C(C)C)CC2OC(C)=O.CC(=O)O[C@H]1CC[C@]2(C)C3CC[C@@H]4C[C@@](CC(=O)CC(C)C)(C(=O)O)CC[C@@]4(C)[C@]3(C)CC[C@H]2C1(C)C. The largest absolute Gasteiger partial charge is 0.481 e. The average molecular weight is 1100 g/mol. The van der Waals surface area contributed by atoms with Gasteiger partial charge in [-0.1, -0.05) is 83.1 Å². The van der Waals surface area contributed by atoms with E-state index in [4.69, 9.17) is 14.2 Å². The maximum atomic E-state index is 13.9. The highest BCUT2D eigenvalue weighted by Crippen LogP contribution is 2.78. The van der Waals surface area contributed by atoms with E-state index in [1.807, 2.05) is 20.8 Å². The fraction of sp³-hybridized carbons (Fsp3) is 0.864. The summed E-state index contributed by atoms with van der Waals surface area (Å²) in [6, 6.07) is 0. The molecular formula is C66H100O13. The van der Waals surface area contributed by atoms with Crippen molar-refractivity contribution in [3.63, 3.8) is 0 Å². The fourth-order valence-electron chi connectivity index (χ4n) is 22.4. The van der Waals surface area contributed by atoms with E-state index in [-0.39, 0.29) is 117 Å². The van der Waals surface area contributed by atoms with E-state index < -0.39 is 45.1 Å². The Bertz CT molecular complexity index is 2470. The van der Waals surface area contributed by atoms with Gasteiger partial charge in [-0.05, 0) is 189 Å². The minimum atomic E-state index is -1.45. The Morgan fingerprint density at radius 2 is 1.22 bits per heavy atom. The summed E-state index contributed by atoms with van der Waals surface area (Å²) in [5.74, 6) is -0.493. The van der Waals surface area contributed by atoms with E-state index in [0.29, 0.717) is 68.3 Å². The van der Waals surface area contributed by atoms with Crippen LogP contribution in [0.3, 0.4) is 0 Å². The third-order valence-electron chi connectivity index (χ3n) is 26.5. The second-order valence-electron chi connectivity index (χ2n) is 30.8. The molecule has 13 heteroatoms. The molecule has 0 aliphatic heterocycles. The lowest BCUT2D eigenvalue weighted by atomic mass is 9.32. The smallest absolute Gasteiger partial charge is 0.310 e. The molecule has 9 fully saturated rings. The van der Waals surface area contributed by atoms with Gasteiger partial charge in [-0.2, -0.15) is 0 Å². The molecule has 0 aromatic carbocycles. The van der Waals surface area contributed by atoms with Crippen molar-refractivity contribution in [1.82, 2.24) is 0 Å². The zero-order valence-electron chi connectivity index (χ0n) is 51.1. The fourth-order valence-corrected chi connectivity index (χ4v) is 22.4. The van der Waals surface area contributed by atoms with Crippen LogP contribution < -0.4 is 0 Å². The number of esters is 3. The van der Waals surface area contributed by atoms with E-state index in [2.05, 4.69) is 62.3 Å². The van der Waals surface area contributed by atoms with Gasteiger partial charge >= 0.3 is 23.9 Å². The molecule has 9 saturated carbocycles. The molecule has 0 aromatic heterocycles. The molecule has 18 atom stereocenters. The first-order chi connectivity index (χ1) is 36.6. The third kappa shape index (κ3) is 9.19. The lowest BCUT2D eigenvalue weighted by Crippen LogP contribution is -2.70. The van der Waals surface area contributed by atoms with Crippen LogP contribution in [0.4, 0.5) is 0 Å². The standard InChI is InChI=1S/C34H48O8.C32H52O5/c1-19(2)22-14-27(42-21(4)38)34(18-41-20(3)37)13-12-30(5)23(28(22)34)8-9-25-31(30,6)11-10-26-32(25,7)29(40)24(39)15-33(26,16-35)17-36;1-20(2)17-23(34)19-32(27(35)36)16-15-30(7)22(18-32)9-10-25-29(6)13-12-26(37-21(3)33)28(4,5)24(29)11-14-31(25,30)8/h16-17,19,22-23,25-28H,8-15,18H2,1-7H3;20,22,24-26H,9-19H2,1-8H3,(H,35,36)/t22-,23+,25-,26+,27?,28+,30+,31+,32+,34+;22-,24+,25?,26+,29+,30-,31-,32+/m01/s1. The zero-order chi connectivity index (χ0) is 58.6.